The number of nitrogens with zero attached hydrogens (tertiary/aromatic N) is 2. The van der Waals surface area contributed by atoms with E-state index < -0.39 is 5.83 Å². The van der Waals surface area contributed by atoms with E-state index in [1.807, 2.05) is 26.1 Å². The van der Waals surface area contributed by atoms with Crippen molar-refractivity contribution in [3.8, 4) is 12.8 Å². The zero-order valence-corrected chi connectivity index (χ0v) is 20.4. The number of hydrogen-bond donors (Lipinski definition) is 2. The van der Waals surface area contributed by atoms with Gasteiger partial charge in [0.1, 0.15) is 5.83 Å². The van der Waals surface area contributed by atoms with E-state index in [-0.39, 0.29) is 5.76 Å². The third kappa shape index (κ3) is 9.41. The van der Waals surface area contributed by atoms with E-state index in [2.05, 4.69) is 58.9 Å². The molecular weight excluding hydrogens is 413 g/mol. The average Bonchev–Trinajstić information content (AvgIpc) is 2.81. The highest BCUT2D eigenvalue weighted by Gasteiger charge is 2.22. The van der Waals surface area contributed by atoms with Crippen molar-refractivity contribution >= 4 is 6.21 Å². The fourth-order valence-electron chi connectivity index (χ4n) is 3.73. The lowest BCUT2D eigenvalue weighted by molar-refractivity contribution is 0.242. The summed E-state index contributed by atoms with van der Waals surface area (Å²) >= 11 is 0. The van der Waals surface area contributed by atoms with Gasteiger partial charge in [-0.25, -0.2) is 4.39 Å². The lowest BCUT2D eigenvalue weighted by Gasteiger charge is -2.35. The third-order valence-corrected chi connectivity index (χ3v) is 5.57. The van der Waals surface area contributed by atoms with Crippen molar-refractivity contribution in [2.24, 2.45) is 10.9 Å². The summed E-state index contributed by atoms with van der Waals surface area (Å²) in [4.78, 5) is 6.57. The lowest BCUT2D eigenvalue weighted by atomic mass is 9.92. The van der Waals surface area contributed by atoms with Crippen molar-refractivity contribution < 1.29 is 9.50 Å². The van der Waals surface area contributed by atoms with Crippen LogP contribution in [0, 0.1) is 18.8 Å². The summed E-state index contributed by atoms with van der Waals surface area (Å²) in [5.41, 5.74) is 4.91. The Kier molecular flexibility index (Phi) is 12.4. The van der Waals surface area contributed by atoms with Crippen LogP contribution in [0.3, 0.4) is 0 Å². The predicted octanol–water partition coefficient (Wildman–Crippen LogP) is 6.52. The predicted molar refractivity (Wildman–Crippen MR) is 139 cm³/mol. The number of aliphatic hydroxyl groups excluding tert-OH is 1. The number of aliphatic hydroxyl groups is 1. The molecule has 0 aromatic carbocycles. The van der Waals surface area contributed by atoms with Crippen molar-refractivity contribution in [1.82, 2.24) is 10.2 Å². The Labute approximate surface area is 199 Å². The summed E-state index contributed by atoms with van der Waals surface area (Å²) < 4.78 is 14.0. The topological polar surface area (TPSA) is 47.9 Å². The van der Waals surface area contributed by atoms with Crippen LogP contribution in [0.1, 0.15) is 47.0 Å². The molecule has 0 atom stereocenters. The number of rotatable bonds is 8. The van der Waals surface area contributed by atoms with Crippen LogP contribution in [0.2, 0.25) is 0 Å². The Morgan fingerprint density at radius 1 is 1.27 bits per heavy atom. The number of terminal acetylenes is 1. The van der Waals surface area contributed by atoms with E-state index in [1.54, 1.807) is 6.92 Å². The van der Waals surface area contributed by atoms with Gasteiger partial charge in [-0.05, 0) is 76.3 Å². The van der Waals surface area contributed by atoms with Gasteiger partial charge in [0, 0.05) is 54.9 Å². The number of aliphatic imine (C=N–C) groups is 1. The molecule has 0 bridgehead atoms. The fourth-order valence-corrected chi connectivity index (χ4v) is 3.73. The SMILES string of the molecule is C#C.C=C(NC1=CC=CC/C1=C\C=NCC)C1CCN(/C(C)=C/C(C)=C(F)\C=C(/C)O)CC1. The molecule has 0 radical (unpaired) electrons. The smallest absolute Gasteiger partial charge is 0.129 e. The summed E-state index contributed by atoms with van der Waals surface area (Å²) in [6.45, 7) is 14.1. The Balaban J connectivity index is 0.00000265. The van der Waals surface area contributed by atoms with E-state index in [9.17, 15) is 9.50 Å². The zero-order chi connectivity index (χ0) is 24.8. The maximum atomic E-state index is 14.0. The number of piperidine rings is 1. The van der Waals surface area contributed by atoms with E-state index in [4.69, 9.17) is 0 Å². The zero-order valence-electron chi connectivity index (χ0n) is 20.4. The number of nitrogens with one attached hydrogen (secondary N) is 1. The van der Waals surface area contributed by atoms with Crippen LogP contribution < -0.4 is 5.32 Å². The van der Waals surface area contributed by atoms with Crippen LogP contribution in [-0.2, 0) is 0 Å². The summed E-state index contributed by atoms with van der Waals surface area (Å²) in [5.74, 6) is -0.0434. The third-order valence-electron chi connectivity index (χ3n) is 5.57. The number of halogens is 1. The summed E-state index contributed by atoms with van der Waals surface area (Å²) in [5, 5.41) is 12.8. The van der Waals surface area contributed by atoms with Gasteiger partial charge in [0.05, 0.1) is 5.76 Å². The summed E-state index contributed by atoms with van der Waals surface area (Å²) in [6.07, 6.45) is 24.1. The highest BCUT2D eigenvalue weighted by Crippen LogP contribution is 2.27. The molecule has 0 saturated carbocycles. The molecule has 1 heterocycles. The minimum atomic E-state index is -0.408. The highest BCUT2D eigenvalue weighted by atomic mass is 19.1. The largest absolute Gasteiger partial charge is 0.513 e. The van der Waals surface area contributed by atoms with Crippen LogP contribution in [0.25, 0.3) is 0 Å². The first kappa shape index (κ1) is 27.8. The van der Waals surface area contributed by atoms with Crippen molar-refractivity contribution in [3.05, 3.63) is 82.9 Å². The molecule has 1 aliphatic carbocycles. The molecule has 1 aliphatic heterocycles. The van der Waals surface area contributed by atoms with Crippen LogP contribution in [0.4, 0.5) is 4.39 Å². The quantitative estimate of drug-likeness (QED) is 0.191. The monoisotopic (exact) mass is 451 g/mol. The van der Waals surface area contributed by atoms with Crippen molar-refractivity contribution in [3.63, 3.8) is 0 Å². The van der Waals surface area contributed by atoms with Crippen molar-refractivity contribution in [1.29, 1.82) is 0 Å². The van der Waals surface area contributed by atoms with Crippen LogP contribution in [-0.4, -0.2) is 35.9 Å². The molecule has 178 valence electrons. The van der Waals surface area contributed by atoms with E-state index in [0.29, 0.717) is 11.5 Å². The van der Waals surface area contributed by atoms with Crippen LogP contribution in [0.15, 0.2) is 87.9 Å². The Hall–Kier alpha value is -3.26. The van der Waals surface area contributed by atoms with Gasteiger partial charge >= 0.3 is 0 Å². The molecule has 2 N–H and O–H groups in total. The van der Waals surface area contributed by atoms with Gasteiger partial charge in [-0.3, -0.25) is 4.99 Å². The Morgan fingerprint density at radius 3 is 2.55 bits per heavy atom. The molecule has 4 nitrogen and oxygen atoms in total. The first-order valence-electron chi connectivity index (χ1n) is 11.3. The Bertz CT molecular complexity index is 901. The van der Waals surface area contributed by atoms with Gasteiger partial charge in [-0.1, -0.05) is 18.7 Å². The first-order valence-corrected chi connectivity index (χ1v) is 11.3. The molecule has 0 aromatic heterocycles. The molecule has 2 aliphatic rings. The highest BCUT2D eigenvalue weighted by molar-refractivity contribution is 5.74. The van der Waals surface area contributed by atoms with E-state index >= 15 is 0 Å². The number of hydrogen-bond acceptors (Lipinski definition) is 4. The molecule has 1 saturated heterocycles. The molecule has 0 amide bonds. The van der Waals surface area contributed by atoms with Gasteiger partial charge in [0.25, 0.3) is 0 Å². The minimum absolute atomic E-state index is 0.0334. The molecule has 33 heavy (non-hydrogen) atoms. The summed E-state index contributed by atoms with van der Waals surface area (Å²) in [6, 6.07) is 0. The normalized spacial score (nSPS) is 19.7. The van der Waals surface area contributed by atoms with Gasteiger partial charge in [0.2, 0.25) is 0 Å². The maximum absolute atomic E-state index is 14.0. The second kappa shape index (κ2) is 14.7. The average molecular weight is 452 g/mol. The van der Waals surface area contributed by atoms with E-state index in [0.717, 1.165) is 62.1 Å². The lowest BCUT2D eigenvalue weighted by Crippen LogP contribution is -2.35. The minimum Gasteiger partial charge on any atom is -0.513 e. The van der Waals surface area contributed by atoms with Gasteiger partial charge in [-0.15, -0.1) is 12.8 Å². The van der Waals surface area contributed by atoms with Gasteiger partial charge < -0.3 is 15.3 Å². The van der Waals surface area contributed by atoms with Gasteiger partial charge in [-0.2, -0.15) is 0 Å². The van der Waals surface area contributed by atoms with Gasteiger partial charge in [0.15, 0.2) is 0 Å². The molecule has 2 rings (SSSR count). The first-order chi connectivity index (χ1) is 15.8. The molecule has 0 aromatic rings. The number of likely N-dealkylation sites (tertiary alicyclic amines) is 1. The fraction of sp³-hybridized carbons (Fsp3) is 0.393. The second-order valence-corrected chi connectivity index (χ2v) is 8.07. The maximum Gasteiger partial charge on any atom is 0.129 e. The molecule has 0 spiro atoms. The molecular formula is C28H38FN3O. The van der Waals surface area contributed by atoms with Crippen LogP contribution in [0.5, 0.6) is 0 Å². The molecule has 0 unspecified atom stereocenters. The van der Waals surface area contributed by atoms with Crippen molar-refractivity contribution in [2.75, 3.05) is 19.6 Å². The summed E-state index contributed by atoms with van der Waals surface area (Å²) in [7, 11) is 0. The Morgan fingerprint density at radius 2 is 1.94 bits per heavy atom. The second-order valence-electron chi connectivity index (χ2n) is 8.07. The standard InChI is InChI=1S/C26H36FN3O.C2H2/c1-6-28-14-11-24-9-7-8-10-26(24)29-22(5)23-12-15-30(16-13-23)20(3)17-19(2)25(27)18-21(4)31;1-2/h7-8,10-11,14,17-18,23,29,31H,5-6,9,12-13,15-16H2,1-4H3;1-2H/b20-17+,21-18+,24-11+,25-19+,28-14?;. The van der Waals surface area contributed by atoms with E-state index in [1.165, 1.54) is 12.5 Å². The van der Waals surface area contributed by atoms with Crippen molar-refractivity contribution in [2.45, 2.75) is 47.0 Å². The molecule has 5 heteroatoms. The van der Waals surface area contributed by atoms with Crippen LogP contribution >= 0.6 is 0 Å². The molecule has 1 fully saturated rings. The number of allylic oxidation sites excluding steroid dienone is 12.